The number of nitrogens with one attached hydrogen (secondary N) is 1. The largest absolute Gasteiger partial charge is 0.435 e. The summed E-state index contributed by atoms with van der Waals surface area (Å²) in [5.74, 6) is -3.61. The highest BCUT2D eigenvalue weighted by molar-refractivity contribution is 7.70. The lowest BCUT2D eigenvalue weighted by Gasteiger charge is -2.15. The van der Waals surface area contributed by atoms with Crippen molar-refractivity contribution >= 4 is 29.9 Å². The zero-order chi connectivity index (χ0) is 27.8. The van der Waals surface area contributed by atoms with E-state index in [1.807, 2.05) is 0 Å². The highest BCUT2D eigenvalue weighted by Crippen LogP contribution is 2.41. The minimum absolute atomic E-state index is 0.00891. The van der Waals surface area contributed by atoms with Gasteiger partial charge in [-0.1, -0.05) is 0 Å². The Labute approximate surface area is 211 Å². The average molecular weight is 552 g/mol. The Morgan fingerprint density at radius 3 is 2.37 bits per heavy atom. The summed E-state index contributed by atoms with van der Waals surface area (Å²) in [7, 11) is -3.02. The van der Waals surface area contributed by atoms with Gasteiger partial charge in [-0.25, -0.2) is 23.4 Å². The first-order chi connectivity index (χ1) is 17.8. The second kappa shape index (κ2) is 9.86. The van der Waals surface area contributed by atoms with Gasteiger partial charge in [0.25, 0.3) is 5.91 Å². The van der Waals surface area contributed by atoms with E-state index < -0.39 is 42.1 Å². The van der Waals surface area contributed by atoms with Crippen molar-refractivity contribution in [2.75, 3.05) is 24.4 Å². The van der Waals surface area contributed by atoms with E-state index in [1.54, 1.807) is 0 Å². The van der Waals surface area contributed by atoms with Gasteiger partial charge in [-0.3, -0.25) is 4.79 Å². The fourth-order valence-electron chi connectivity index (χ4n) is 3.49. The fourth-order valence-corrected chi connectivity index (χ4v) is 4.66. The first kappa shape index (κ1) is 26.7. The van der Waals surface area contributed by atoms with E-state index in [9.17, 15) is 31.3 Å². The average Bonchev–Trinajstić information content (AvgIpc) is 3.27. The molecular formula is C23H18F5N6O3P. The van der Waals surface area contributed by atoms with Crippen LogP contribution in [0.4, 0.5) is 33.5 Å². The molecule has 4 aromatic rings. The van der Waals surface area contributed by atoms with Crippen LogP contribution >= 0.6 is 7.14 Å². The topological polar surface area (TPSA) is 125 Å². The van der Waals surface area contributed by atoms with E-state index in [0.717, 1.165) is 42.7 Å². The molecule has 0 saturated carbocycles. The van der Waals surface area contributed by atoms with Crippen LogP contribution in [0.1, 0.15) is 16.1 Å². The van der Waals surface area contributed by atoms with Crippen LogP contribution in [0.2, 0.25) is 0 Å². The maximum Gasteiger partial charge on any atom is 0.434 e. The van der Waals surface area contributed by atoms with Crippen molar-refractivity contribution in [3.05, 3.63) is 77.9 Å². The molecule has 0 aliphatic heterocycles. The molecule has 198 valence electrons. The molecule has 0 saturated heterocycles. The number of ether oxygens (including phenoxy) is 1. The van der Waals surface area contributed by atoms with Gasteiger partial charge in [0.2, 0.25) is 5.88 Å². The van der Waals surface area contributed by atoms with Crippen molar-refractivity contribution in [2.45, 2.75) is 6.18 Å². The summed E-state index contributed by atoms with van der Waals surface area (Å²) in [6, 6.07) is 7.11. The van der Waals surface area contributed by atoms with Crippen LogP contribution in [-0.2, 0) is 10.7 Å². The Hall–Kier alpha value is -4.32. The predicted molar refractivity (Wildman–Crippen MR) is 128 cm³/mol. The molecule has 0 unspecified atom stereocenters. The van der Waals surface area contributed by atoms with Crippen LogP contribution in [0.25, 0.3) is 5.69 Å². The Kier molecular flexibility index (Phi) is 6.94. The zero-order valence-corrected chi connectivity index (χ0v) is 20.5. The first-order valence-electron chi connectivity index (χ1n) is 10.6. The van der Waals surface area contributed by atoms with E-state index in [4.69, 9.17) is 10.5 Å². The maximum absolute atomic E-state index is 14.8. The van der Waals surface area contributed by atoms with Crippen LogP contribution in [0.3, 0.4) is 0 Å². The molecule has 0 aliphatic rings. The molecule has 9 nitrogen and oxygen atoms in total. The number of rotatable bonds is 6. The number of amides is 1. The van der Waals surface area contributed by atoms with Crippen molar-refractivity contribution in [3.63, 3.8) is 0 Å². The van der Waals surface area contributed by atoms with Gasteiger partial charge in [0.05, 0.1) is 17.4 Å². The Morgan fingerprint density at radius 2 is 1.76 bits per heavy atom. The predicted octanol–water partition coefficient (Wildman–Crippen LogP) is 4.83. The Balaban J connectivity index is 1.61. The van der Waals surface area contributed by atoms with Crippen molar-refractivity contribution in [3.8, 4) is 17.3 Å². The number of benzene rings is 2. The molecular weight excluding hydrogens is 534 g/mol. The van der Waals surface area contributed by atoms with E-state index >= 15 is 0 Å². The van der Waals surface area contributed by atoms with E-state index in [2.05, 4.69) is 20.4 Å². The van der Waals surface area contributed by atoms with Gasteiger partial charge < -0.3 is 20.4 Å². The summed E-state index contributed by atoms with van der Waals surface area (Å²) < 4.78 is 88.0. The highest BCUT2D eigenvalue weighted by Gasteiger charge is 2.40. The van der Waals surface area contributed by atoms with E-state index in [-0.39, 0.29) is 34.1 Å². The number of halogens is 5. The number of carbonyl (C=O) groups excluding carboxylic acids is 1. The molecule has 2 aromatic carbocycles. The lowest BCUT2D eigenvalue weighted by Crippen LogP contribution is -2.20. The van der Waals surface area contributed by atoms with Gasteiger partial charge in [0, 0.05) is 11.8 Å². The second-order valence-electron chi connectivity index (χ2n) is 8.26. The second-order valence-corrected chi connectivity index (χ2v) is 11.4. The number of alkyl halides is 3. The van der Waals surface area contributed by atoms with Crippen molar-refractivity contribution in [2.24, 2.45) is 0 Å². The minimum Gasteiger partial charge on any atom is -0.435 e. The standard InChI is InChI=1S/C23H18F5N6O3P/c1-38(2,36)18-20(29)30-11-31-22(18)37-17-8-5-13(9-16(17)25)33-21(35)15-10-32-34(19(15)23(26,27)28)14-6-3-12(24)4-7-14/h3-11H,1-2H3,(H,33,35)(H2,29,30,31). The lowest BCUT2D eigenvalue weighted by molar-refractivity contribution is -0.143. The monoisotopic (exact) mass is 552 g/mol. The summed E-state index contributed by atoms with van der Waals surface area (Å²) in [6.45, 7) is 2.80. The number of nitrogen functional groups attached to an aromatic ring is 1. The van der Waals surface area contributed by atoms with Crippen LogP contribution in [0, 0.1) is 11.6 Å². The summed E-state index contributed by atoms with van der Waals surface area (Å²) in [4.78, 5) is 20.3. The molecule has 0 atom stereocenters. The smallest absolute Gasteiger partial charge is 0.434 e. The summed E-state index contributed by atoms with van der Waals surface area (Å²) >= 11 is 0. The molecule has 38 heavy (non-hydrogen) atoms. The molecule has 3 N–H and O–H groups in total. The summed E-state index contributed by atoms with van der Waals surface area (Å²) in [5, 5.41) is 5.83. The number of nitrogens with two attached hydrogens (primary N) is 1. The summed E-state index contributed by atoms with van der Waals surface area (Å²) in [5.41, 5.74) is 3.21. The molecule has 2 aromatic heterocycles. The number of hydrogen-bond acceptors (Lipinski definition) is 7. The number of anilines is 2. The Morgan fingerprint density at radius 1 is 1.08 bits per heavy atom. The summed E-state index contributed by atoms with van der Waals surface area (Å²) in [6.07, 6.45) is -3.26. The quantitative estimate of drug-likeness (QED) is 0.259. The van der Waals surface area contributed by atoms with Gasteiger partial charge in [-0.05, 0) is 49.7 Å². The maximum atomic E-state index is 14.8. The number of carbonyl (C=O) groups is 1. The number of hydrogen-bond donors (Lipinski definition) is 2. The SMILES string of the molecule is CP(C)(=O)c1c(N)ncnc1Oc1ccc(NC(=O)c2cnn(-c3ccc(F)cc3)c2C(F)(F)F)cc1F. The molecule has 2 heterocycles. The van der Waals surface area contributed by atoms with Crippen LogP contribution in [-0.4, -0.2) is 39.0 Å². The first-order valence-corrected chi connectivity index (χ1v) is 13.2. The molecule has 0 spiro atoms. The third-order valence-corrected chi connectivity index (χ3v) is 6.60. The molecule has 0 radical (unpaired) electrons. The van der Waals surface area contributed by atoms with Gasteiger partial charge in [-0.15, -0.1) is 0 Å². The van der Waals surface area contributed by atoms with Crippen molar-refractivity contribution < 1.29 is 36.0 Å². The minimum atomic E-state index is -5.00. The van der Waals surface area contributed by atoms with E-state index in [0.29, 0.717) is 10.9 Å². The van der Waals surface area contributed by atoms with Crippen molar-refractivity contribution in [1.29, 1.82) is 0 Å². The normalized spacial score (nSPS) is 11.9. The number of aromatic nitrogens is 4. The van der Waals surface area contributed by atoms with Crippen LogP contribution < -0.4 is 21.1 Å². The van der Waals surface area contributed by atoms with Gasteiger partial charge in [0.15, 0.2) is 17.3 Å². The number of nitrogens with zero attached hydrogens (tertiary/aromatic N) is 4. The Bertz CT molecular complexity index is 1570. The van der Waals surface area contributed by atoms with Gasteiger partial charge >= 0.3 is 6.18 Å². The molecule has 4 rings (SSSR count). The van der Waals surface area contributed by atoms with E-state index in [1.165, 1.54) is 19.4 Å². The van der Waals surface area contributed by atoms with Crippen LogP contribution in [0.15, 0.2) is 55.0 Å². The van der Waals surface area contributed by atoms with Gasteiger partial charge in [0.1, 0.15) is 30.4 Å². The fraction of sp³-hybridized carbons (Fsp3) is 0.130. The third kappa shape index (κ3) is 5.49. The van der Waals surface area contributed by atoms with Crippen molar-refractivity contribution in [1.82, 2.24) is 19.7 Å². The highest BCUT2D eigenvalue weighted by atomic mass is 31.2. The van der Waals surface area contributed by atoms with Gasteiger partial charge in [-0.2, -0.15) is 18.3 Å². The molecule has 15 heteroatoms. The lowest BCUT2D eigenvalue weighted by atomic mass is 10.2. The van der Waals surface area contributed by atoms with Crippen LogP contribution in [0.5, 0.6) is 11.6 Å². The third-order valence-electron chi connectivity index (χ3n) is 5.11. The molecule has 0 aliphatic carbocycles. The zero-order valence-electron chi connectivity index (χ0n) is 19.6. The molecule has 0 fully saturated rings. The molecule has 0 bridgehead atoms. The molecule has 1 amide bonds.